The minimum atomic E-state index is 0. The number of amides is 1. The van der Waals surface area contributed by atoms with Crippen LogP contribution in [-0.4, -0.2) is 63.4 Å². The molecule has 2 saturated heterocycles. The van der Waals surface area contributed by atoms with E-state index in [1.807, 2.05) is 4.90 Å². The molecule has 0 unspecified atom stereocenters. The average Bonchev–Trinajstić information content (AvgIpc) is 2.33. The van der Waals surface area contributed by atoms with Crippen molar-refractivity contribution in [2.24, 2.45) is 5.92 Å². The van der Waals surface area contributed by atoms with Crippen molar-refractivity contribution in [2.75, 3.05) is 46.5 Å². The fraction of sp³-hybridized carbons (Fsp3) is 0.923. The summed E-state index contributed by atoms with van der Waals surface area (Å²) in [4.78, 5) is 14.0. The van der Waals surface area contributed by atoms with E-state index in [0.29, 0.717) is 12.0 Å². The van der Waals surface area contributed by atoms with Gasteiger partial charge in [0.1, 0.15) is 0 Å². The number of nitrogens with zero attached hydrogens (tertiary/aromatic N) is 1. The Hall–Kier alpha value is -0.360. The van der Waals surface area contributed by atoms with E-state index in [1.165, 1.54) is 0 Å². The molecule has 0 radical (unpaired) electrons. The van der Waals surface area contributed by atoms with E-state index in [0.717, 1.165) is 58.7 Å². The summed E-state index contributed by atoms with van der Waals surface area (Å²) in [5.74, 6) is 0.552. The molecule has 5 nitrogen and oxygen atoms in total. The molecule has 112 valence electrons. The topological polar surface area (TPSA) is 50.8 Å². The van der Waals surface area contributed by atoms with E-state index >= 15 is 0 Å². The van der Waals surface area contributed by atoms with E-state index in [2.05, 4.69) is 5.32 Å². The van der Waals surface area contributed by atoms with Crippen molar-refractivity contribution in [3.63, 3.8) is 0 Å². The fourth-order valence-electron chi connectivity index (χ4n) is 2.42. The lowest BCUT2D eigenvalue weighted by Crippen LogP contribution is -2.53. The number of carbonyl (C=O) groups is 1. The first-order valence-electron chi connectivity index (χ1n) is 6.91. The summed E-state index contributed by atoms with van der Waals surface area (Å²) in [7, 11) is 1.71. The number of rotatable bonds is 6. The largest absolute Gasteiger partial charge is 0.385 e. The third-order valence-electron chi connectivity index (χ3n) is 3.73. The van der Waals surface area contributed by atoms with E-state index < -0.39 is 0 Å². The monoisotopic (exact) mass is 292 g/mol. The molecule has 0 aromatic rings. The molecule has 2 rings (SSSR count). The summed E-state index contributed by atoms with van der Waals surface area (Å²) in [6.07, 6.45) is 3.21. The maximum absolute atomic E-state index is 12.0. The molecule has 0 atom stereocenters. The molecule has 0 aromatic heterocycles. The molecule has 1 amide bonds. The smallest absolute Gasteiger partial charge is 0.228 e. The minimum absolute atomic E-state index is 0. The predicted molar refractivity (Wildman–Crippen MR) is 75.7 cm³/mol. The van der Waals surface area contributed by atoms with Crippen molar-refractivity contribution in [1.29, 1.82) is 0 Å². The lowest BCUT2D eigenvalue weighted by atomic mass is 9.99. The van der Waals surface area contributed by atoms with Crippen molar-refractivity contribution < 1.29 is 14.3 Å². The van der Waals surface area contributed by atoms with E-state index in [4.69, 9.17) is 9.47 Å². The predicted octanol–water partition coefficient (Wildman–Crippen LogP) is 0.672. The summed E-state index contributed by atoms with van der Waals surface area (Å²) in [5.41, 5.74) is 0. The third-order valence-corrected chi connectivity index (χ3v) is 3.73. The van der Waals surface area contributed by atoms with E-state index in [1.54, 1.807) is 7.11 Å². The summed E-state index contributed by atoms with van der Waals surface area (Å²) in [6.45, 7) is 4.93. The summed E-state index contributed by atoms with van der Waals surface area (Å²) >= 11 is 0. The van der Waals surface area contributed by atoms with Crippen molar-refractivity contribution in [3.05, 3.63) is 0 Å². The molecular formula is C13H25ClN2O3. The maximum atomic E-state index is 12.0. The Morgan fingerprint density at radius 2 is 1.95 bits per heavy atom. The summed E-state index contributed by atoms with van der Waals surface area (Å²) in [6, 6.07) is 0. The van der Waals surface area contributed by atoms with Crippen LogP contribution in [0.2, 0.25) is 0 Å². The fourth-order valence-corrected chi connectivity index (χ4v) is 2.42. The van der Waals surface area contributed by atoms with Crippen LogP contribution in [0, 0.1) is 5.92 Å². The number of halogens is 1. The number of nitrogens with one attached hydrogen (secondary N) is 1. The molecule has 0 aliphatic carbocycles. The van der Waals surface area contributed by atoms with Crippen molar-refractivity contribution in [2.45, 2.75) is 25.4 Å². The molecule has 2 heterocycles. The van der Waals surface area contributed by atoms with Gasteiger partial charge in [-0.1, -0.05) is 0 Å². The van der Waals surface area contributed by atoms with Crippen LogP contribution in [0.5, 0.6) is 0 Å². The van der Waals surface area contributed by atoms with Crippen LogP contribution >= 0.6 is 12.4 Å². The number of likely N-dealkylation sites (tertiary alicyclic amines) is 1. The first kappa shape index (κ1) is 16.7. The molecule has 6 heteroatoms. The lowest BCUT2D eigenvalue weighted by molar-refractivity contribution is -0.139. The molecule has 0 aromatic carbocycles. The van der Waals surface area contributed by atoms with Crippen molar-refractivity contribution in [1.82, 2.24) is 10.2 Å². The minimum Gasteiger partial charge on any atom is -0.385 e. The van der Waals surface area contributed by atoms with Gasteiger partial charge in [-0.2, -0.15) is 0 Å². The average molecular weight is 293 g/mol. The van der Waals surface area contributed by atoms with E-state index in [-0.39, 0.29) is 18.3 Å². The van der Waals surface area contributed by atoms with E-state index in [9.17, 15) is 4.79 Å². The maximum Gasteiger partial charge on any atom is 0.228 e. The van der Waals surface area contributed by atoms with Gasteiger partial charge < -0.3 is 19.7 Å². The Balaban J connectivity index is 0.00000180. The molecule has 2 aliphatic heterocycles. The Morgan fingerprint density at radius 1 is 1.26 bits per heavy atom. The standard InChI is InChI=1S/C13H24N2O3.ClH/c1-17-7-2-8-18-12-3-5-15(6-4-12)13(16)11-9-14-10-11;/h11-12,14H,2-10H2,1H3;1H. The van der Waals surface area contributed by atoms with Gasteiger partial charge in [0.25, 0.3) is 0 Å². The number of methoxy groups -OCH3 is 1. The quantitative estimate of drug-likeness (QED) is 0.731. The van der Waals surface area contributed by atoms with Crippen LogP contribution in [0.3, 0.4) is 0 Å². The Kier molecular flexibility index (Phi) is 7.68. The second-order valence-electron chi connectivity index (χ2n) is 5.10. The van der Waals surface area contributed by atoms with Crippen molar-refractivity contribution in [3.8, 4) is 0 Å². The lowest BCUT2D eigenvalue weighted by Gasteiger charge is -2.36. The number of piperidine rings is 1. The zero-order valence-electron chi connectivity index (χ0n) is 11.6. The summed E-state index contributed by atoms with van der Waals surface area (Å²) in [5, 5.41) is 3.15. The zero-order valence-corrected chi connectivity index (χ0v) is 12.4. The highest BCUT2D eigenvalue weighted by molar-refractivity contribution is 5.85. The van der Waals surface area contributed by atoms with Crippen LogP contribution in [-0.2, 0) is 14.3 Å². The summed E-state index contributed by atoms with van der Waals surface area (Å²) < 4.78 is 10.8. The molecular weight excluding hydrogens is 268 g/mol. The molecule has 0 bridgehead atoms. The van der Waals surface area contributed by atoms with Gasteiger partial charge in [0.15, 0.2) is 0 Å². The van der Waals surface area contributed by atoms with Crippen LogP contribution in [0.1, 0.15) is 19.3 Å². The highest BCUT2D eigenvalue weighted by atomic mass is 35.5. The zero-order chi connectivity index (χ0) is 12.8. The molecule has 19 heavy (non-hydrogen) atoms. The van der Waals surface area contributed by atoms with Gasteiger partial charge >= 0.3 is 0 Å². The molecule has 2 aliphatic rings. The highest BCUT2D eigenvalue weighted by Gasteiger charge is 2.31. The van der Waals surface area contributed by atoms with Gasteiger partial charge in [0.2, 0.25) is 5.91 Å². The number of hydrogen-bond donors (Lipinski definition) is 1. The van der Waals surface area contributed by atoms with Gasteiger partial charge in [0, 0.05) is 46.5 Å². The number of hydrogen-bond acceptors (Lipinski definition) is 4. The van der Waals surface area contributed by atoms with Crippen LogP contribution in [0.4, 0.5) is 0 Å². The van der Waals surface area contributed by atoms with Gasteiger partial charge in [-0.3, -0.25) is 4.79 Å². The molecule has 1 N–H and O–H groups in total. The molecule has 2 fully saturated rings. The Morgan fingerprint density at radius 3 is 2.47 bits per heavy atom. The second-order valence-corrected chi connectivity index (χ2v) is 5.10. The van der Waals surface area contributed by atoms with Crippen molar-refractivity contribution >= 4 is 18.3 Å². The van der Waals surface area contributed by atoms with Crippen LogP contribution in [0.25, 0.3) is 0 Å². The van der Waals surface area contributed by atoms with Crippen LogP contribution in [0.15, 0.2) is 0 Å². The van der Waals surface area contributed by atoms with Gasteiger partial charge in [-0.15, -0.1) is 12.4 Å². The first-order chi connectivity index (χ1) is 8.81. The van der Waals surface area contributed by atoms with Gasteiger partial charge in [-0.05, 0) is 19.3 Å². The Bertz CT molecular complexity index is 267. The third kappa shape index (κ3) is 4.91. The normalized spacial score (nSPS) is 20.8. The molecule has 0 saturated carbocycles. The van der Waals surface area contributed by atoms with Gasteiger partial charge in [0.05, 0.1) is 12.0 Å². The number of carbonyl (C=O) groups excluding carboxylic acids is 1. The highest BCUT2D eigenvalue weighted by Crippen LogP contribution is 2.17. The molecule has 0 spiro atoms. The van der Waals surface area contributed by atoms with Crippen LogP contribution < -0.4 is 5.32 Å². The number of ether oxygens (including phenoxy) is 2. The SMILES string of the molecule is COCCCOC1CCN(C(=O)C2CNC2)CC1.Cl. The first-order valence-corrected chi connectivity index (χ1v) is 6.91. The van der Waals surface area contributed by atoms with Gasteiger partial charge in [-0.25, -0.2) is 0 Å². The Labute approximate surface area is 121 Å². The second kappa shape index (κ2) is 8.74.